The van der Waals surface area contributed by atoms with Gasteiger partial charge in [0.05, 0.1) is 6.10 Å². The van der Waals surface area contributed by atoms with Gasteiger partial charge in [0.15, 0.2) is 0 Å². The number of aryl methyl sites for hydroxylation is 1. The molecule has 1 unspecified atom stereocenters. The fraction of sp³-hybridized carbons (Fsp3) is 0.667. The molecule has 4 nitrogen and oxygen atoms in total. The smallest absolute Gasteiger partial charge is 0.0793 e. The van der Waals surface area contributed by atoms with E-state index in [1.54, 1.807) is 0 Å². The first kappa shape index (κ1) is 18.7. The number of hydrogen-bond acceptors (Lipinski definition) is 4. The number of likely N-dealkylation sites (N-methyl/N-ethyl adjacent to an activating group) is 2. The molecular weight excluding hydrogens is 310 g/mol. The van der Waals surface area contributed by atoms with Crippen molar-refractivity contribution in [2.75, 3.05) is 59.9 Å². The summed E-state index contributed by atoms with van der Waals surface area (Å²) in [5, 5.41) is 11.1. The van der Waals surface area contributed by atoms with Crippen LogP contribution in [0.25, 0.3) is 0 Å². The summed E-state index contributed by atoms with van der Waals surface area (Å²) in [5.41, 5.74) is 1.32. The molecule has 0 radical (unpaired) electrons. The van der Waals surface area contributed by atoms with E-state index in [-0.39, 0.29) is 6.10 Å². The van der Waals surface area contributed by atoms with Crippen LogP contribution in [-0.2, 0) is 6.42 Å². The fourth-order valence-corrected chi connectivity index (χ4v) is 3.17. The molecule has 0 spiro atoms. The Hall–Kier alpha value is -0.650. The monoisotopic (exact) mass is 339 g/mol. The molecule has 0 aliphatic carbocycles. The minimum Gasteiger partial charge on any atom is -0.390 e. The Kier molecular flexibility index (Phi) is 7.80. The summed E-state index contributed by atoms with van der Waals surface area (Å²) in [6.07, 6.45) is 1.88. The number of aliphatic hydroxyl groups is 1. The highest BCUT2D eigenvalue weighted by atomic mass is 35.5. The second-order valence-electron chi connectivity index (χ2n) is 6.75. The Morgan fingerprint density at radius 1 is 1.17 bits per heavy atom. The number of nitrogens with zero attached hydrogens (tertiary/aromatic N) is 3. The van der Waals surface area contributed by atoms with Crippen molar-refractivity contribution in [2.24, 2.45) is 0 Å². The molecule has 1 saturated heterocycles. The Balaban J connectivity index is 1.60. The fourth-order valence-electron chi connectivity index (χ4n) is 3.04. The lowest BCUT2D eigenvalue weighted by Crippen LogP contribution is -2.48. The summed E-state index contributed by atoms with van der Waals surface area (Å²) in [4.78, 5) is 6.94. The molecule has 23 heavy (non-hydrogen) atoms. The van der Waals surface area contributed by atoms with Gasteiger partial charge in [-0.3, -0.25) is 4.90 Å². The van der Waals surface area contributed by atoms with Crippen LogP contribution in [0.2, 0.25) is 5.02 Å². The van der Waals surface area contributed by atoms with Crippen molar-refractivity contribution in [3.8, 4) is 0 Å². The molecule has 0 amide bonds. The highest BCUT2D eigenvalue weighted by molar-refractivity contribution is 6.30. The third-order valence-corrected chi connectivity index (χ3v) is 4.76. The molecule has 0 bridgehead atoms. The van der Waals surface area contributed by atoms with Gasteiger partial charge in [0.2, 0.25) is 0 Å². The summed E-state index contributed by atoms with van der Waals surface area (Å²) in [5.74, 6) is 0. The summed E-state index contributed by atoms with van der Waals surface area (Å²) in [6, 6.07) is 8.07. The van der Waals surface area contributed by atoms with Crippen molar-refractivity contribution >= 4 is 11.6 Å². The number of piperazine rings is 1. The predicted octanol–water partition coefficient (Wildman–Crippen LogP) is 1.81. The van der Waals surface area contributed by atoms with E-state index in [0.717, 1.165) is 63.7 Å². The average molecular weight is 340 g/mol. The van der Waals surface area contributed by atoms with Gasteiger partial charge in [-0.05, 0) is 51.2 Å². The number of benzene rings is 1. The zero-order valence-corrected chi connectivity index (χ0v) is 15.2. The van der Waals surface area contributed by atoms with Crippen molar-refractivity contribution in [1.29, 1.82) is 0 Å². The molecule has 5 heteroatoms. The zero-order chi connectivity index (χ0) is 16.7. The standard InChI is InChI=1S/C18H30ClN3O/c1-20-10-12-22(13-11-20)15-18(23)14-21(2)9-3-4-16-5-7-17(19)8-6-16/h5-8,18,23H,3-4,9-15H2,1-2H3. The first-order chi connectivity index (χ1) is 11.0. The summed E-state index contributed by atoms with van der Waals surface area (Å²) < 4.78 is 0. The molecule has 2 rings (SSSR count). The van der Waals surface area contributed by atoms with E-state index in [1.165, 1.54) is 5.56 Å². The third kappa shape index (κ3) is 7.19. The van der Waals surface area contributed by atoms with Gasteiger partial charge in [0.25, 0.3) is 0 Å². The van der Waals surface area contributed by atoms with Crippen molar-refractivity contribution in [2.45, 2.75) is 18.9 Å². The van der Waals surface area contributed by atoms with Crippen LogP contribution < -0.4 is 0 Å². The van der Waals surface area contributed by atoms with Crippen LogP contribution in [-0.4, -0.2) is 85.8 Å². The number of halogens is 1. The molecule has 1 aliphatic rings. The first-order valence-electron chi connectivity index (χ1n) is 8.55. The van der Waals surface area contributed by atoms with Gasteiger partial charge in [-0.2, -0.15) is 0 Å². The van der Waals surface area contributed by atoms with Gasteiger partial charge in [0, 0.05) is 44.3 Å². The molecule has 1 aromatic rings. The minimum absolute atomic E-state index is 0.265. The third-order valence-electron chi connectivity index (χ3n) is 4.51. The number of hydrogen-bond donors (Lipinski definition) is 1. The van der Waals surface area contributed by atoms with E-state index in [0.29, 0.717) is 0 Å². The Bertz CT molecular complexity index is 446. The summed E-state index contributed by atoms with van der Waals surface area (Å²) in [7, 11) is 4.25. The highest BCUT2D eigenvalue weighted by Gasteiger charge is 2.17. The largest absolute Gasteiger partial charge is 0.390 e. The summed E-state index contributed by atoms with van der Waals surface area (Å²) in [6.45, 7) is 6.86. The van der Waals surface area contributed by atoms with Crippen LogP contribution in [0.15, 0.2) is 24.3 Å². The molecule has 1 atom stereocenters. The van der Waals surface area contributed by atoms with Crippen molar-refractivity contribution in [1.82, 2.24) is 14.7 Å². The molecular formula is C18H30ClN3O. The van der Waals surface area contributed by atoms with Gasteiger partial charge in [-0.15, -0.1) is 0 Å². The van der Waals surface area contributed by atoms with Gasteiger partial charge >= 0.3 is 0 Å². The SMILES string of the molecule is CN1CCN(CC(O)CN(C)CCCc2ccc(Cl)cc2)CC1. The van der Waals surface area contributed by atoms with E-state index in [1.807, 2.05) is 12.1 Å². The molecule has 1 N–H and O–H groups in total. The lowest BCUT2D eigenvalue weighted by Gasteiger charge is -2.34. The molecule has 0 saturated carbocycles. The van der Waals surface area contributed by atoms with Crippen LogP contribution in [0.5, 0.6) is 0 Å². The average Bonchev–Trinajstić information content (AvgIpc) is 2.51. The maximum absolute atomic E-state index is 10.3. The van der Waals surface area contributed by atoms with Crippen LogP contribution in [0, 0.1) is 0 Å². The number of rotatable bonds is 8. The predicted molar refractivity (Wildman–Crippen MR) is 97.2 cm³/mol. The Morgan fingerprint density at radius 3 is 2.48 bits per heavy atom. The molecule has 0 aromatic heterocycles. The second-order valence-corrected chi connectivity index (χ2v) is 7.19. The first-order valence-corrected chi connectivity index (χ1v) is 8.92. The molecule has 1 heterocycles. The lowest BCUT2D eigenvalue weighted by molar-refractivity contribution is 0.0606. The van der Waals surface area contributed by atoms with Crippen molar-refractivity contribution in [3.63, 3.8) is 0 Å². The number of β-amino-alcohol motifs (C(OH)–C–C–N with tert-alkyl or cyclic N) is 1. The van der Waals surface area contributed by atoms with Gasteiger partial charge < -0.3 is 14.9 Å². The van der Waals surface area contributed by atoms with Crippen molar-refractivity contribution in [3.05, 3.63) is 34.9 Å². The van der Waals surface area contributed by atoms with Crippen LogP contribution in [0.3, 0.4) is 0 Å². The zero-order valence-electron chi connectivity index (χ0n) is 14.4. The van der Waals surface area contributed by atoms with E-state index >= 15 is 0 Å². The summed E-state index contributed by atoms with van der Waals surface area (Å²) >= 11 is 5.90. The van der Waals surface area contributed by atoms with E-state index < -0.39 is 0 Å². The van der Waals surface area contributed by atoms with E-state index in [4.69, 9.17) is 11.6 Å². The van der Waals surface area contributed by atoms with Crippen molar-refractivity contribution < 1.29 is 5.11 Å². The molecule has 1 aromatic carbocycles. The Morgan fingerprint density at radius 2 is 1.83 bits per heavy atom. The van der Waals surface area contributed by atoms with Crippen LogP contribution >= 0.6 is 11.6 Å². The molecule has 1 aliphatic heterocycles. The number of aliphatic hydroxyl groups excluding tert-OH is 1. The maximum atomic E-state index is 10.3. The molecule has 1 fully saturated rings. The van der Waals surface area contributed by atoms with Gasteiger partial charge in [-0.25, -0.2) is 0 Å². The molecule has 130 valence electrons. The van der Waals surface area contributed by atoms with E-state index in [2.05, 4.69) is 40.9 Å². The van der Waals surface area contributed by atoms with Crippen LogP contribution in [0.1, 0.15) is 12.0 Å². The van der Waals surface area contributed by atoms with Gasteiger partial charge in [-0.1, -0.05) is 23.7 Å². The van der Waals surface area contributed by atoms with Gasteiger partial charge in [0.1, 0.15) is 0 Å². The topological polar surface area (TPSA) is 30.0 Å². The Labute approximate surface area is 145 Å². The second kappa shape index (κ2) is 9.60. The lowest BCUT2D eigenvalue weighted by atomic mass is 10.1. The minimum atomic E-state index is -0.265. The highest BCUT2D eigenvalue weighted by Crippen LogP contribution is 2.11. The maximum Gasteiger partial charge on any atom is 0.0793 e. The normalized spacial score (nSPS) is 18.5. The quantitative estimate of drug-likeness (QED) is 0.782. The van der Waals surface area contributed by atoms with E-state index in [9.17, 15) is 5.11 Å². The van der Waals surface area contributed by atoms with Crippen LogP contribution in [0.4, 0.5) is 0 Å².